The number of hydrogen-bond acceptors (Lipinski definition) is 3. The zero-order valence-electron chi connectivity index (χ0n) is 8.48. The molecule has 0 radical (unpaired) electrons. The van der Waals surface area contributed by atoms with Crippen LogP contribution in [0.15, 0.2) is 5.18 Å². The van der Waals surface area contributed by atoms with Crippen LogP contribution >= 0.6 is 0 Å². The van der Waals surface area contributed by atoms with Gasteiger partial charge in [0.2, 0.25) is 0 Å². The van der Waals surface area contributed by atoms with Gasteiger partial charge in [0.15, 0.2) is 0 Å². The SMILES string of the molecule is CC1CCC(C(=O)O)CCCC1N=O. The number of rotatable bonds is 2. The Labute approximate surface area is 83.7 Å². The lowest BCUT2D eigenvalue weighted by atomic mass is 9.84. The summed E-state index contributed by atoms with van der Waals surface area (Å²) in [6.07, 6.45) is 3.72. The van der Waals surface area contributed by atoms with Gasteiger partial charge in [-0.15, -0.1) is 0 Å². The van der Waals surface area contributed by atoms with Crippen molar-refractivity contribution in [3.63, 3.8) is 0 Å². The van der Waals surface area contributed by atoms with Crippen LogP contribution in [0, 0.1) is 16.7 Å². The third-order valence-electron chi connectivity index (χ3n) is 3.16. The Bertz CT molecular complexity index is 217. The Hall–Kier alpha value is -0.930. The highest BCUT2D eigenvalue weighted by atomic mass is 16.4. The van der Waals surface area contributed by atoms with E-state index in [1.807, 2.05) is 6.92 Å². The highest BCUT2D eigenvalue weighted by Crippen LogP contribution is 2.28. The molecule has 1 N–H and O–H groups in total. The Morgan fingerprint density at radius 2 is 2.00 bits per heavy atom. The molecule has 0 bridgehead atoms. The van der Waals surface area contributed by atoms with E-state index in [9.17, 15) is 9.70 Å². The third kappa shape index (κ3) is 2.79. The summed E-state index contributed by atoms with van der Waals surface area (Å²) in [5.41, 5.74) is 0. The van der Waals surface area contributed by atoms with Gasteiger partial charge in [0.05, 0.1) is 12.0 Å². The first kappa shape index (κ1) is 11.1. The molecule has 14 heavy (non-hydrogen) atoms. The van der Waals surface area contributed by atoms with E-state index in [1.54, 1.807) is 0 Å². The van der Waals surface area contributed by atoms with E-state index in [0.717, 1.165) is 19.3 Å². The molecule has 0 aromatic heterocycles. The molecule has 0 aromatic carbocycles. The van der Waals surface area contributed by atoms with Crippen molar-refractivity contribution in [2.75, 3.05) is 0 Å². The Kier molecular flexibility index (Phi) is 4.04. The Morgan fingerprint density at radius 1 is 1.29 bits per heavy atom. The predicted molar refractivity (Wildman–Crippen MR) is 53.0 cm³/mol. The second kappa shape index (κ2) is 5.08. The van der Waals surface area contributed by atoms with Crippen LogP contribution in [0.1, 0.15) is 39.0 Å². The minimum atomic E-state index is -0.699. The molecule has 1 saturated carbocycles. The average molecular weight is 199 g/mol. The first-order valence-corrected chi connectivity index (χ1v) is 5.20. The molecule has 3 atom stereocenters. The summed E-state index contributed by atoms with van der Waals surface area (Å²) in [6, 6.07) is -0.107. The van der Waals surface area contributed by atoms with Crippen LogP contribution in [0.3, 0.4) is 0 Å². The largest absolute Gasteiger partial charge is 0.481 e. The van der Waals surface area contributed by atoms with Crippen LogP contribution in [0.5, 0.6) is 0 Å². The molecule has 0 aliphatic heterocycles. The number of nitroso groups, excluding NO2 is 1. The van der Waals surface area contributed by atoms with Crippen molar-refractivity contribution >= 4 is 5.97 Å². The van der Waals surface area contributed by atoms with Gasteiger partial charge in [0.1, 0.15) is 0 Å². The highest BCUT2D eigenvalue weighted by Gasteiger charge is 2.26. The molecule has 1 aliphatic carbocycles. The topological polar surface area (TPSA) is 66.7 Å². The van der Waals surface area contributed by atoms with Crippen molar-refractivity contribution in [1.82, 2.24) is 0 Å². The van der Waals surface area contributed by atoms with Crippen LogP contribution in [-0.4, -0.2) is 17.1 Å². The standard InChI is InChI=1S/C10H17NO3/c1-7-5-6-8(10(12)13)3-2-4-9(7)11-14/h7-9H,2-6H2,1H3,(H,12,13). The molecule has 0 aromatic rings. The lowest BCUT2D eigenvalue weighted by molar-refractivity contribution is -0.142. The van der Waals surface area contributed by atoms with E-state index < -0.39 is 5.97 Å². The summed E-state index contributed by atoms with van der Waals surface area (Å²) >= 11 is 0. The maximum atomic E-state index is 10.8. The molecule has 3 unspecified atom stereocenters. The minimum Gasteiger partial charge on any atom is -0.481 e. The maximum Gasteiger partial charge on any atom is 0.306 e. The zero-order valence-corrected chi connectivity index (χ0v) is 8.48. The second-order valence-corrected chi connectivity index (χ2v) is 4.19. The quantitative estimate of drug-likeness (QED) is 0.694. The minimum absolute atomic E-state index is 0.107. The van der Waals surface area contributed by atoms with Crippen molar-refractivity contribution in [2.45, 2.75) is 45.1 Å². The van der Waals surface area contributed by atoms with Crippen LogP contribution in [0.4, 0.5) is 0 Å². The second-order valence-electron chi connectivity index (χ2n) is 4.19. The lowest BCUT2D eigenvalue weighted by Crippen LogP contribution is -2.23. The van der Waals surface area contributed by atoms with Gasteiger partial charge in [-0.05, 0) is 31.6 Å². The lowest BCUT2D eigenvalue weighted by Gasteiger charge is -2.23. The molecule has 1 rings (SSSR count). The molecule has 1 fully saturated rings. The van der Waals surface area contributed by atoms with Crippen LogP contribution in [0.25, 0.3) is 0 Å². The van der Waals surface area contributed by atoms with Gasteiger partial charge in [0, 0.05) is 0 Å². The molecule has 0 heterocycles. The normalized spacial score (nSPS) is 34.2. The van der Waals surface area contributed by atoms with Gasteiger partial charge in [-0.3, -0.25) is 4.79 Å². The van der Waals surface area contributed by atoms with E-state index in [0.29, 0.717) is 12.8 Å². The summed E-state index contributed by atoms with van der Waals surface area (Å²) in [4.78, 5) is 21.3. The Balaban J connectivity index is 2.51. The third-order valence-corrected chi connectivity index (χ3v) is 3.16. The van der Waals surface area contributed by atoms with E-state index in [-0.39, 0.29) is 17.9 Å². The monoisotopic (exact) mass is 199 g/mol. The number of carboxylic acid groups (broad SMARTS) is 1. The Morgan fingerprint density at radius 3 is 2.57 bits per heavy atom. The van der Waals surface area contributed by atoms with Crippen molar-refractivity contribution in [2.24, 2.45) is 17.0 Å². The fraction of sp³-hybridized carbons (Fsp3) is 0.900. The fourth-order valence-corrected chi connectivity index (χ4v) is 2.06. The highest BCUT2D eigenvalue weighted by molar-refractivity contribution is 5.69. The fourth-order valence-electron chi connectivity index (χ4n) is 2.06. The van der Waals surface area contributed by atoms with E-state index in [2.05, 4.69) is 5.18 Å². The smallest absolute Gasteiger partial charge is 0.306 e. The van der Waals surface area contributed by atoms with Crippen LogP contribution in [-0.2, 0) is 4.79 Å². The summed E-state index contributed by atoms with van der Waals surface area (Å²) in [7, 11) is 0. The van der Waals surface area contributed by atoms with E-state index in [1.165, 1.54) is 0 Å². The molecular formula is C10H17NO3. The summed E-state index contributed by atoms with van der Waals surface area (Å²) in [5.74, 6) is -0.686. The predicted octanol–water partition coefficient (Wildman–Crippen LogP) is 2.42. The maximum absolute atomic E-state index is 10.8. The summed E-state index contributed by atoms with van der Waals surface area (Å²) in [6.45, 7) is 1.98. The molecular weight excluding hydrogens is 182 g/mol. The number of carbonyl (C=O) groups is 1. The van der Waals surface area contributed by atoms with Gasteiger partial charge in [-0.2, -0.15) is 4.91 Å². The molecule has 4 heteroatoms. The first-order chi connectivity index (χ1) is 6.65. The molecule has 1 aliphatic rings. The van der Waals surface area contributed by atoms with Crippen LogP contribution < -0.4 is 0 Å². The average Bonchev–Trinajstić information content (AvgIpc) is 2.12. The molecule has 0 amide bonds. The molecule has 80 valence electrons. The van der Waals surface area contributed by atoms with Crippen molar-refractivity contribution in [3.8, 4) is 0 Å². The molecule has 0 spiro atoms. The molecule has 0 saturated heterocycles. The van der Waals surface area contributed by atoms with Gasteiger partial charge < -0.3 is 5.11 Å². The van der Waals surface area contributed by atoms with Gasteiger partial charge in [-0.1, -0.05) is 18.5 Å². The summed E-state index contributed by atoms with van der Waals surface area (Å²) in [5, 5.41) is 12.0. The number of nitrogens with zero attached hydrogens (tertiary/aromatic N) is 1. The summed E-state index contributed by atoms with van der Waals surface area (Å²) < 4.78 is 0. The van der Waals surface area contributed by atoms with Crippen molar-refractivity contribution in [1.29, 1.82) is 0 Å². The van der Waals surface area contributed by atoms with E-state index >= 15 is 0 Å². The molecule has 4 nitrogen and oxygen atoms in total. The number of aliphatic carboxylic acids is 1. The van der Waals surface area contributed by atoms with E-state index in [4.69, 9.17) is 5.11 Å². The van der Waals surface area contributed by atoms with Crippen LogP contribution in [0.2, 0.25) is 0 Å². The van der Waals surface area contributed by atoms with Crippen molar-refractivity contribution < 1.29 is 9.90 Å². The van der Waals surface area contributed by atoms with Gasteiger partial charge >= 0.3 is 5.97 Å². The van der Waals surface area contributed by atoms with Crippen molar-refractivity contribution in [3.05, 3.63) is 4.91 Å². The zero-order chi connectivity index (χ0) is 10.6. The number of hydrogen-bond donors (Lipinski definition) is 1. The van der Waals surface area contributed by atoms with Gasteiger partial charge in [-0.25, -0.2) is 0 Å². The first-order valence-electron chi connectivity index (χ1n) is 5.20. The van der Waals surface area contributed by atoms with Gasteiger partial charge in [0.25, 0.3) is 0 Å². The number of carboxylic acids is 1.